The van der Waals surface area contributed by atoms with Crippen molar-refractivity contribution in [1.82, 2.24) is 4.98 Å². The van der Waals surface area contributed by atoms with E-state index < -0.39 is 11.7 Å². The maximum absolute atomic E-state index is 13.6. The zero-order valence-electron chi connectivity index (χ0n) is 13.6. The predicted molar refractivity (Wildman–Crippen MR) is 97.2 cm³/mol. The molecule has 0 aliphatic heterocycles. The lowest BCUT2D eigenvalue weighted by atomic mass is 10.1. The van der Waals surface area contributed by atoms with E-state index in [1.807, 2.05) is 18.2 Å². The molecule has 4 nitrogen and oxygen atoms in total. The second-order valence-electron chi connectivity index (χ2n) is 5.53. The van der Waals surface area contributed by atoms with Crippen LogP contribution in [0, 0.1) is 5.82 Å². The summed E-state index contributed by atoms with van der Waals surface area (Å²) in [6.07, 6.45) is 2.50. The molecule has 0 aliphatic rings. The van der Waals surface area contributed by atoms with Gasteiger partial charge in [-0.15, -0.1) is 0 Å². The maximum atomic E-state index is 13.6. The first-order chi connectivity index (χ1) is 12.2. The summed E-state index contributed by atoms with van der Waals surface area (Å²) in [5, 5.41) is 5.78. The second-order valence-corrected chi connectivity index (χ2v) is 5.53. The molecule has 5 heteroatoms. The minimum absolute atomic E-state index is 0.138. The normalized spacial score (nSPS) is 10.3. The van der Waals surface area contributed by atoms with Crippen LogP contribution in [-0.2, 0) is 6.42 Å². The van der Waals surface area contributed by atoms with Crippen molar-refractivity contribution in [2.75, 3.05) is 17.2 Å². The van der Waals surface area contributed by atoms with Gasteiger partial charge >= 0.3 is 0 Å². The van der Waals surface area contributed by atoms with Gasteiger partial charge in [0.05, 0.1) is 17.6 Å². The molecular weight excluding hydrogens is 317 g/mol. The van der Waals surface area contributed by atoms with E-state index >= 15 is 0 Å². The standard InChI is InChI=1S/C20H18FN3O/c21-17-8-4-5-9-18(17)24-20(25)19-11-10-16(14-23-19)22-13-12-15-6-2-1-3-7-15/h1-11,14,22H,12-13H2,(H,24,25). The van der Waals surface area contributed by atoms with Crippen LogP contribution in [-0.4, -0.2) is 17.4 Å². The van der Waals surface area contributed by atoms with Gasteiger partial charge in [-0.2, -0.15) is 0 Å². The molecule has 0 radical (unpaired) electrons. The van der Waals surface area contributed by atoms with Crippen LogP contribution in [0.25, 0.3) is 0 Å². The quantitative estimate of drug-likeness (QED) is 0.712. The van der Waals surface area contributed by atoms with Crippen molar-refractivity contribution in [1.29, 1.82) is 0 Å². The molecule has 0 saturated carbocycles. The summed E-state index contributed by atoms with van der Waals surface area (Å²) >= 11 is 0. The Morgan fingerprint density at radius 1 is 0.960 bits per heavy atom. The third-order valence-electron chi connectivity index (χ3n) is 3.70. The van der Waals surface area contributed by atoms with Gasteiger partial charge in [-0.25, -0.2) is 9.37 Å². The topological polar surface area (TPSA) is 54.0 Å². The van der Waals surface area contributed by atoms with Gasteiger partial charge in [0.25, 0.3) is 5.91 Å². The van der Waals surface area contributed by atoms with Crippen LogP contribution in [0.2, 0.25) is 0 Å². The summed E-state index contributed by atoms with van der Waals surface area (Å²) in [5.74, 6) is -0.920. The van der Waals surface area contributed by atoms with Crippen LogP contribution in [0.4, 0.5) is 15.8 Å². The lowest BCUT2D eigenvalue weighted by Gasteiger charge is -2.08. The molecule has 2 aromatic carbocycles. The molecular formula is C20H18FN3O. The van der Waals surface area contributed by atoms with Gasteiger partial charge in [0.15, 0.2) is 0 Å². The molecule has 1 heterocycles. The van der Waals surface area contributed by atoms with E-state index in [1.54, 1.807) is 30.5 Å². The fourth-order valence-corrected chi connectivity index (χ4v) is 2.38. The zero-order chi connectivity index (χ0) is 17.5. The largest absolute Gasteiger partial charge is 0.383 e. The maximum Gasteiger partial charge on any atom is 0.274 e. The SMILES string of the molecule is O=C(Nc1ccccc1F)c1ccc(NCCc2ccccc2)cn1. The summed E-state index contributed by atoms with van der Waals surface area (Å²) in [5.41, 5.74) is 2.46. The zero-order valence-corrected chi connectivity index (χ0v) is 13.6. The highest BCUT2D eigenvalue weighted by molar-refractivity contribution is 6.03. The van der Waals surface area contributed by atoms with Gasteiger partial charge in [-0.1, -0.05) is 42.5 Å². The molecule has 3 aromatic rings. The summed E-state index contributed by atoms with van der Waals surface area (Å²) in [7, 11) is 0. The fourth-order valence-electron chi connectivity index (χ4n) is 2.38. The van der Waals surface area contributed by atoms with E-state index in [2.05, 4.69) is 27.8 Å². The van der Waals surface area contributed by atoms with Gasteiger partial charge in [0.2, 0.25) is 0 Å². The number of nitrogens with one attached hydrogen (secondary N) is 2. The number of rotatable bonds is 6. The van der Waals surface area contributed by atoms with Crippen molar-refractivity contribution in [2.45, 2.75) is 6.42 Å². The number of aromatic nitrogens is 1. The molecule has 2 N–H and O–H groups in total. The molecule has 0 saturated heterocycles. The van der Waals surface area contributed by atoms with Crippen LogP contribution < -0.4 is 10.6 Å². The van der Waals surface area contributed by atoms with Gasteiger partial charge < -0.3 is 10.6 Å². The van der Waals surface area contributed by atoms with Crippen molar-refractivity contribution in [3.05, 3.63) is 90.0 Å². The third kappa shape index (κ3) is 4.64. The first kappa shape index (κ1) is 16.6. The van der Waals surface area contributed by atoms with Crippen LogP contribution in [0.15, 0.2) is 72.9 Å². The van der Waals surface area contributed by atoms with E-state index in [0.29, 0.717) is 0 Å². The molecule has 0 bridgehead atoms. The Balaban J connectivity index is 1.54. The summed E-state index contributed by atoms with van der Waals surface area (Å²) in [6.45, 7) is 0.770. The summed E-state index contributed by atoms with van der Waals surface area (Å²) in [6, 6.07) is 19.6. The number of carbonyl (C=O) groups excluding carboxylic acids is 1. The number of para-hydroxylation sites is 1. The molecule has 0 aliphatic carbocycles. The number of pyridine rings is 1. The van der Waals surface area contributed by atoms with Crippen molar-refractivity contribution in [3.63, 3.8) is 0 Å². The highest BCUT2D eigenvalue weighted by atomic mass is 19.1. The van der Waals surface area contributed by atoms with E-state index in [4.69, 9.17) is 0 Å². The Morgan fingerprint density at radius 3 is 2.44 bits per heavy atom. The highest BCUT2D eigenvalue weighted by Gasteiger charge is 2.10. The van der Waals surface area contributed by atoms with Crippen molar-refractivity contribution in [2.24, 2.45) is 0 Å². The van der Waals surface area contributed by atoms with Crippen LogP contribution in [0.1, 0.15) is 16.1 Å². The van der Waals surface area contributed by atoms with Gasteiger partial charge in [0.1, 0.15) is 11.5 Å². The molecule has 1 aromatic heterocycles. The van der Waals surface area contributed by atoms with E-state index in [9.17, 15) is 9.18 Å². The molecule has 0 unspecified atom stereocenters. The molecule has 0 spiro atoms. The molecule has 3 rings (SSSR count). The van der Waals surface area contributed by atoms with E-state index in [-0.39, 0.29) is 11.4 Å². The lowest BCUT2D eigenvalue weighted by molar-refractivity contribution is 0.102. The number of halogens is 1. The van der Waals surface area contributed by atoms with Crippen LogP contribution in [0.3, 0.4) is 0 Å². The minimum Gasteiger partial charge on any atom is -0.383 e. The Labute approximate surface area is 145 Å². The summed E-state index contributed by atoms with van der Waals surface area (Å²) in [4.78, 5) is 16.2. The number of carbonyl (C=O) groups is 1. The predicted octanol–water partition coefficient (Wildman–Crippen LogP) is 4.13. The number of anilines is 2. The van der Waals surface area contributed by atoms with Gasteiger partial charge in [-0.3, -0.25) is 4.79 Å². The Hall–Kier alpha value is -3.21. The average molecular weight is 335 g/mol. The smallest absolute Gasteiger partial charge is 0.274 e. The van der Waals surface area contributed by atoms with Gasteiger partial charge in [0, 0.05) is 6.54 Å². The first-order valence-corrected chi connectivity index (χ1v) is 8.02. The van der Waals surface area contributed by atoms with E-state index in [1.165, 1.54) is 17.7 Å². The third-order valence-corrected chi connectivity index (χ3v) is 3.70. The van der Waals surface area contributed by atoms with E-state index in [0.717, 1.165) is 18.7 Å². The molecule has 1 amide bonds. The number of amides is 1. The highest BCUT2D eigenvalue weighted by Crippen LogP contribution is 2.14. The Morgan fingerprint density at radius 2 is 1.72 bits per heavy atom. The minimum atomic E-state index is -0.477. The second kappa shape index (κ2) is 8.06. The van der Waals surface area contributed by atoms with Crippen LogP contribution >= 0.6 is 0 Å². The Bertz CT molecular complexity index is 835. The monoisotopic (exact) mass is 335 g/mol. The van der Waals surface area contributed by atoms with Crippen molar-refractivity contribution < 1.29 is 9.18 Å². The molecule has 0 fully saturated rings. The lowest BCUT2D eigenvalue weighted by Crippen LogP contribution is -2.14. The number of nitrogens with zero attached hydrogens (tertiary/aromatic N) is 1. The molecule has 25 heavy (non-hydrogen) atoms. The molecule has 0 atom stereocenters. The number of hydrogen-bond donors (Lipinski definition) is 2. The van der Waals surface area contributed by atoms with Gasteiger partial charge in [-0.05, 0) is 36.2 Å². The average Bonchev–Trinajstić information content (AvgIpc) is 2.65. The van der Waals surface area contributed by atoms with Crippen molar-refractivity contribution >= 4 is 17.3 Å². The van der Waals surface area contributed by atoms with Crippen molar-refractivity contribution in [3.8, 4) is 0 Å². The van der Waals surface area contributed by atoms with Crippen LogP contribution in [0.5, 0.6) is 0 Å². The first-order valence-electron chi connectivity index (χ1n) is 8.02. The number of benzene rings is 2. The Kier molecular flexibility index (Phi) is 5.36. The number of hydrogen-bond acceptors (Lipinski definition) is 3. The fraction of sp³-hybridized carbons (Fsp3) is 0.100. The molecule has 126 valence electrons. The summed E-state index contributed by atoms with van der Waals surface area (Å²) < 4.78 is 13.6.